The number of pyridine rings is 2. The number of rotatable bonds is 7. The SMILES string of the molecule is Cc1ccc(-n2nccn2)c(C(=O)N(C)C(CNc2ccc(C(F)(F)F)cn2)C(C)C)n1. The van der Waals surface area contributed by atoms with E-state index in [1.807, 2.05) is 13.8 Å². The van der Waals surface area contributed by atoms with Gasteiger partial charge in [0.05, 0.1) is 24.0 Å². The van der Waals surface area contributed by atoms with Crippen molar-refractivity contribution >= 4 is 11.7 Å². The van der Waals surface area contributed by atoms with Crippen LogP contribution >= 0.6 is 0 Å². The number of halogens is 3. The van der Waals surface area contributed by atoms with Crippen LogP contribution in [0.15, 0.2) is 42.9 Å². The molecule has 32 heavy (non-hydrogen) atoms. The maximum atomic E-state index is 13.4. The van der Waals surface area contributed by atoms with E-state index in [-0.39, 0.29) is 23.6 Å². The summed E-state index contributed by atoms with van der Waals surface area (Å²) < 4.78 is 38.2. The predicted molar refractivity (Wildman–Crippen MR) is 112 cm³/mol. The lowest BCUT2D eigenvalue weighted by molar-refractivity contribution is -0.137. The molecule has 3 rings (SSSR count). The second kappa shape index (κ2) is 9.33. The smallest absolute Gasteiger partial charge is 0.368 e. The van der Waals surface area contributed by atoms with Gasteiger partial charge in [-0.25, -0.2) is 9.97 Å². The fourth-order valence-corrected chi connectivity index (χ4v) is 3.22. The highest BCUT2D eigenvalue weighted by molar-refractivity contribution is 5.95. The van der Waals surface area contributed by atoms with E-state index in [9.17, 15) is 18.0 Å². The molecule has 0 aromatic carbocycles. The van der Waals surface area contributed by atoms with Gasteiger partial charge in [-0.2, -0.15) is 23.4 Å². The van der Waals surface area contributed by atoms with Crippen molar-refractivity contribution in [3.8, 4) is 5.69 Å². The molecule has 3 aromatic heterocycles. The van der Waals surface area contributed by atoms with Crippen molar-refractivity contribution in [1.29, 1.82) is 0 Å². The summed E-state index contributed by atoms with van der Waals surface area (Å²) in [6.45, 7) is 5.99. The molecule has 1 atom stereocenters. The number of hydrogen-bond donors (Lipinski definition) is 1. The molecule has 8 nitrogen and oxygen atoms in total. The zero-order valence-electron chi connectivity index (χ0n) is 18.1. The molecule has 170 valence electrons. The molecule has 1 unspecified atom stereocenters. The van der Waals surface area contributed by atoms with E-state index in [0.717, 1.165) is 12.3 Å². The van der Waals surface area contributed by atoms with Gasteiger partial charge in [0.25, 0.3) is 5.91 Å². The fourth-order valence-electron chi connectivity index (χ4n) is 3.22. The maximum Gasteiger partial charge on any atom is 0.417 e. The van der Waals surface area contributed by atoms with Crippen LogP contribution in [0.25, 0.3) is 5.69 Å². The summed E-state index contributed by atoms with van der Waals surface area (Å²) >= 11 is 0. The summed E-state index contributed by atoms with van der Waals surface area (Å²) in [6, 6.07) is 5.46. The van der Waals surface area contributed by atoms with Crippen LogP contribution in [0.2, 0.25) is 0 Å². The van der Waals surface area contributed by atoms with Crippen LogP contribution in [0.5, 0.6) is 0 Å². The Kier molecular flexibility index (Phi) is 6.75. The molecule has 0 aliphatic rings. The third-order valence-corrected chi connectivity index (χ3v) is 5.02. The van der Waals surface area contributed by atoms with Gasteiger partial charge in [0.1, 0.15) is 11.5 Å². The number of carbonyl (C=O) groups excluding carboxylic acids is 1. The quantitative estimate of drug-likeness (QED) is 0.596. The monoisotopic (exact) mass is 447 g/mol. The van der Waals surface area contributed by atoms with Gasteiger partial charge in [-0.05, 0) is 37.1 Å². The lowest BCUT2D eigenvalue weighted by atomic mass is 10.0. The summed E-state index contributed by atoms with van der Waals surface area (Å²) in [5, 5.41) is 11.2. The van der Waals surface area contributed by atoms with Gasteiger partial charge in [-0.1, -0.05) is 13.8 Å². The van der Waals surface area contributed by atoms with Gasteiger partial charge in [-0.15, -0.1) is 4.80 Å². The van der Waals surface area contributed by atoms with Crippen LogP contribution in [0.1, 0.15) is 35.6 Å². The zero-order valence-corrected chi connectivity index (χ0v) is 18.1. The number of hydrogen-bond acceptors (Lipinski definition) is 6. The summed E-state index contributed by atoms with van der Waals surface area (Å²) in [6.07, 6.45) is -0.645. The average molecular weight is 447 g/mol. The van der Waals surface area contributed by atoms with Gasteiger partial charge < -0.3 is 10.2 Å². The van der Waals surface area contributed by atoms with Crippen molar-refractivity contribution in [2.45, 2.75) is 33.0 Å². The van der Waals surface area contributed by atoms with Gasteiger partial charge in [0.2, 0.25) is 0 Å². The molecule has 3 aromatic rings. The molecule has 0 spiro atoms. The Balaban J connectivity index is 1.79. The zero-order chi connectivity index (χ0) is 23.5. The van der Waals surface area contributed by atoms with E-state index in [2.05, 4.69) is 25.5 Å². The Bertz CT molecular complexity index is 1050. The number of alkyl halides is 3. The molecule has 1 N–H and O–H groups in total. The minimum atomic E-state index is -4.44. The first-order valence-electron chi connectivity index (χ1n) is 9.96. The van der Waals surface area contributed by atoms with E-state index >= 15 is 0 Å². The normalized spacial score (nSPS) is 12.6. The number of aryl methyl sites for hydroxylation is 1. The van der Waals surface area contributed by atoms with E-state index < -0.39 is 11.7 Å². The Hall–Kier alpha value is -3.50. The van der Waals surface area contributed by atoms with Crippen LogP contribution in [0.4, 0.5) is 19.0 Å². The van der Waals surface area contributed by atoms with Crippen LogP contribution in [0.3, 0.4) is 0 Å². The minimum Gasteiger partial charge on any atom is -0.368 e. The molecule has 0 saturated heterocycles. The van der Waals surface area contributed by atoms with Gasteiger partial charge in [-0.3, -0.25) is 4.79 Å². The molecular formula is C21H24F3N7O. The molecule has 0 fully saturated rings. The average Bonchev–Trinajstić information content (AvgIpc) is 3.27. The van der Waals surface area contributed by atoms with E-state index in [4.69, 9.17) is 0 Å². The number of nitrogens with zero attached hydrogens (tertiary/aromatic N) is 6. The van der Waals surface area contributed by atoms with Crippen molar-refractivity contribution in [1.82, 2.24) is 29.9 Å². The van der Waals surface area contributed by atoms with E-state index in [0.29, 0.717) is 23.7 Å². The molecular weight excluding hydrogens is 423 g/mol. The van der Waals surface area contributed by atoms with Crippen molar-refractivity contribution < 1.29 is 18.0 Å². The Morgan fingerprint density at radius 2 is 1.84 bits per heavy atom. The molecule has 0 radical (unpaired) electrons. The second-order valence-corrected chi connectivity index (χ2v) is 7.68. The van der Waals surface area contributed by atoms with Gasteiger partial charge in [0, 0.05) is 25.5 Å². The number of aromatic nitrogens is 5. The van der Waals surface area contributed by atoms with Gasteiger partial charge >= 0.3 is 6.18 Å². The molecule has 0 bridgehead atoms. The van der Waals surface area contributed by atoms with Crippen molar-refractivity contribution in [3.63, 3.8) is 0 Å². The summed E-state index contributed by atoms with van der Waals surface area (Å²) in [4.78, 5) is 24.5. The number of anilines is 1. The number of carbonyl (C=O) groups is 1. The lowest BCUT2D eigenvalue weighted by Crippen LogP contribution is -2.45. The Morgan fingerprint density at radius 1 is 1.16 bits per heavy atom. The first-order chi connectivity index (χ1) is 15.1. The van der Waals surface area contributed by atoms with E-state index in [1.165, 1.54) is 23.3 Å². The van der Waals surface area contributed by atoms with Crippen molar-refractivity contribution in [3.05, 3.63) is 59.8 Å². The van der Waals surface area contributed by atoms with Crippen molar-refractivity contribution in [2.75, 3.05) is 18.9 Å². The van der Waals surface area contributed by atoms with Crippen molar-refractivity contribution in [2.24, 2.45) is 5.92 Å². The second-order valence-electron chi connectivity index (χ2n) is 7.68. The number of likely N-dealkylation sites (N-methyl/N-ethyl adjacent to an activating group) is 1. The highest BCUT2D eigenvalue weighted by Gasteiger charge is 2.31. The first kappa shape index (κ1) is 23.2. The molecule has 11 heteroatoms. The topological polar surface area (TPSA) is 88.8 Å². The summed E-state index contributed by atoms with van der Waals surface area (Å²) in [5.41, 5.74) is 0.520. The maximum absolute atomic E-state index is 13.4. The molecule has 1 amide bonds. The Morgan fingerprint density at radius 3 is 2.41 bits per heavy atom. The standard InChI is InChI=1S/C21H24F3N7O/c1-13(2)17(12-26-18-8-6-15(11-25-18)21(22,23)24)30(4)20(32)19-16(7-5-14(3)29-19)31-27-9-10-28-31/h5-11,13,17H,12H2,1-4H3,(H,25,26). The number of nitrogens with one attached hydrogen (secondary N) is 1. The first-order valence-corrected chi connectivity index (χ1v) is 9.96. The molecule has 0 aliphatic heterocycles. The highest BCUT2D eigenvalue weighted by Crippen LogP contribution is 2.29. The van der Waals surface area contributed by atoms with Crippen LogP contribution in [0, 0.1) is 12.8 Å². The molecule has 3 heterocycles. The number of amides is 1. The van der Waals surface area contributed by atoms with E-state index in [1.54, 1.807) is 31.0 Å². The third-order valence-electron chi connectivity index (χ3n) is 5.02. The third kappa shape index (κ3) is 5.21. The summed E-state index contributed by atoms with van der Waals surface area (Å²) in [7, 11) is 1.67. The highest BCUT2D eigenvalue weighted by atomic mass is 19.4. The van der Waals surface area contributed by atoms with Crippen LogP contribution < -0.4 is 5.32 Å². The minimum absolute atomic E-state index is 0.0435. The summed E-state index contributed by atoms with van der Waals surface area (Å²) in [5.74, 6) is 0.0171. The largest absolute Gasteiger partial charge is 0.417 e. The Labute approximate surface area is 183 Å². The van der Waals surface area contributed by atoms with Crippen LogP contribution in [-0.4, -0.2) is 55.4 Å². The van der Waals surface area contributed by atoms with Gasteiger partial charge in [0.15, 0.2) is 5.69 Å². The lowest BCUT2D eigenvalue weighted by Gasteiger charge is -2.32. The molecule has 0 aliphatic carbocycles. The van der Waals surface area contributed by atoms with Crippen LogP contribution in [-0.2, 0) is 6.18 Å². The fraction of sp³-hybridized carbons (Fsp3) is 0.381. The predicted octanol–water partition coefficient (Wildman–Crippen LogP) is 3.59. The molecule has 0 saturated carbocycles.